The second-order valence-electron chi connectivity index (χ2n) is 7.79. The number of anilines is 1. The average molecular weight is 525 g/mol. The first-order valence-electron chi connectivity index (χ1n) is 10.8. The summed E-state index contributed by atoms with van der Waals surface area (Å²) in [5.74, 6) is -0.117. The Hall–Kier alpha value is -2.97. The van der Waals surface area contributed by atoms with E-state index in [1.807, 2.05) is 84.1 Å². The summed E-state index contributed by atoms with van der Waals surface area (Å²) in [4.78, 5) is 31.2. The molecule has 1 saturated heterocycles. The van der Waals surface area contributed by atoms with E-state index in [0.717, 1.165) is 26.6 Å². The van der Waals surface area contributed by atoms with Crippen molar-refractivity contribution in [2.24, 2.45) is 0 Å². The van der Waals surface area contributed by atoms with E-state index in [9.17, 15) is 9.59 Å². The highest BCUT2D eigenvalue weighted by atomic mass is 79.9. The predicted molar refractivity (Wildman–Crippen MR) is 140 cm³/mol. The van der Waals surface area contributed by atoms with Gasteiger partial charge < -0.3 is 14.4 Å². The Morgan fingerprint density at radius 2 is 1.82 bits per heavy atom. The number of carbonyl (C=O) groups excluding carboxylic acids is 2. The molecular formula is C25H25BrN4O2S. The van der Waals surface area contributed by atoms with Crippen molar-refractivity contribution in [3.8, 4) is 0 Å². The number of rotatable bonds is 6. The Bertz CT molecular complexity index is 1260. The fourth-order valence-corrected chi connectivity index (χ4v) is 4.72. The van der Waals surface area contributed by atoms with Crippen molar-refractivity contribution in [1.29, 1.82) is 0 Å². The Balaban J connectivity index is 1.77. The fraction of sp³-hybridized carbons (Fsp3) is 0.240. The molecule has 1 aliphatic heterocycles. The smallest absolute Gasteiger partial charge is 0.281 e. The Labute approximate surface area is 207 Å². The van der Waals surface area contributed by atoms with E-state index in [4.69, 9.17) is 12.2 Å². The van der Waals surface area contributed by atoms with Crippen LogP contribution < -0.4 is 4.90 Å². The molecule has 1 aliphatic rings. The highest BCUT2D eigenvalue weighted by Crippen LogP contribution is 2.31. The van der Waals surface area contributed by atoms with Gasteiger partial charge in [-0.3, -0.25) is 14.5 Å². The monoisotopic (exact) mass is 524 g/mol. The first-order chi connectivity index (χ1) is 15.8. The number of hydrogen-bond donors (Lipinski definition) is 0. The number of para-hydroxylation sites is 1. The summed E-state index contributed by atoms with van der Waals surface area (Å²) in [6, 6.07) is 15.3. The summed E-state index contributed by atoms with van der Waals surface area (Å²) in [6.45, 7) is 5.53. The molecule has 2 heterocycles. The van der Waals surface area contributed by atoms with Crippen LogP contribution in [0.25, 0.3) is 17.0 Å². The molecule has 0 spiro atoms. The van der Waals surface area contributed by atoms with Gasteiger partial charge >= 0.3 is 0 Å². The van der Waals surface area contributed by atoms with Gasteiger partial charge in [-0.25, -0.2) is 0 Å². The Morgan fingerprint density at radius 3 is 2.48 bits per heavy atom. The number of thiocarbonyl (C=S) groups is 1. The third-order valence-electron chi connectivity index (χ3n) is 5.86. The van der Waals surface area contributed by atoms with Gasteiger partial charge in [0.05, 0.1) is 5.69 Å². The number of hydrogen-bond acceptors (Lipinski definition) is 3. The van der Waals surface area contributed by atoms with Gasteiger partial charge in [-0.05, 0) is 62.5 Å². The van der Waals surface area contributed by atoms with Crippen molar-refractivity contribution in [3.63, 3.8) is 0 Å². The molecule has 0 atom stereocenters. The number of carbonyl (C=O) groups is 2. The number of nitrogens with zero attached hydrogens (tertiary/aromatic N) is 4. The molecule has 0 aliphatic carbocycles. The molecule has 3 aromatic rings. The van der Waals surface area contributed by atoms with E-state index in [-0.39, 0.29) is 18.4 Å². The van der Waals surface area contributed by atoms with Crippen LogP contribution in [0.3, 0.4) is 0 Å². The van der Waals surface area contributed by atoms with Gasteiger partial charge in [0.25, 0.3) is 5.91 Å². The lowest BCUT2D eigenvalue weighted by Gasteiger charge is -2.19. The molecule has 8 heteroatoms. The zero-order chi connectivity index (χ0) is 23.7. The van der Waals surface area contributed by atoms with Crippen molar-refractivity contribution >= 4 is 67.7 Å². The minimum atomic E-state index is -0.177. The molecule has 2 aromatic carbocycles. The van der Waals surface area contributed by atoms with Crippen molar-refractivity contribution in [2.45, 2.75) is 20.4 Å². The van der Waals surface area contributed by atoms with E-state index in [2.05, 4.69) is 15.9 Å². The molecule has 2 amide bonds. The van der Waals surface area contributed by atoms with Gasteiger partial charge in [-0.2, -0.15) is 0 Å². The molecule has 33 heavy (non-hydrogen) atoms. The standard InChI is InChI=1S/C25H25BrN4O2S/c1-4-28(5-2)23(31)16-29-15-17(20-14-18(26)11-12-21(20)29)13-22-24(32)30(25(33)27(22)3)19-9-7-6-8-10-19/h6-15H,4-5,16H2,1-3H3/b22-13-. The van der Waals surface area contributed by atoms with E-state index >= 15 is 0 Å². The number of fused-ring (bicyclic) bond motifs is 1. The van der Waals surface area contributed by atoms with Gasteiger partial charge in [0.2, 0.25) is 5.91 Å². The lowest BCUT2D eigenvalue weighted by molar-refractivity contribution is -0.131. The van der Waals surface area contributed by atoms with E-state index in [0.29, 0.717) is 23.9 Å². The second kappa shape index (κ2) is 9.49. The molecule has 4 rings (SSSR count). The third-order valence-corrected chi connectivity index (χ3v) is 6.81. The number of aromatic nitrogens is 1. The van der Waals surface area contributed by atoms with Crippen molar-refractivity contribution in [2.75, 3.05) is 25.0 Å². The van der Waals surface area contributed by atoms with E-state index in [1.165, 1.54) is 0 Å². The zero-order valence-corrected chi connectivity index (χ0v) is 21.2. The molecule has 0 N–H and O–H groups in total. The zero-order valence-electron chi connectivity index (χ0n) is 18.8. The van der Waals surface area contributed by atoms with Crippen LogP contribution in [0.1, 0.15) is 19.4 Å². The lowest BCUT2D eigenvalue weighted by atomic mass is 10.1. The number of halogens is 1. The number of amides is 2. The highest BCUT2D eigenvalue weighted by molar-refractivity contribution is 9.10. The first kappa shape index (κ1) is 23.2. The molecule has 1 fully saturated rings. The summed E-state index contributed by atoms with van der Waals surface area (Å²) in [5.41, 5.74) is 3.00. The summed E-state index contributed by atoms with van der Waals surface area (Å²) in [6.07, 6.45) is 3.78. The van der Waals surface area contributed by atoms with Crippen molar-refractivity contribution in [1.82, 2.24) is 14.4 Å². The van der Waals surface area contributed by atoms with Gasteiger partial charge in [0, 0.05) is 47.3 Å². The maximum Gasteiger partial charge on any atom is 0.281 e. The average Bonchev–Trinajstić information content (AvgIpc) is 3.24. The predicted octanol–water partition coefficient (Wildman–Crippen LogP) is 4.88. The van der Waals surface area contributed by atoms with Crippen molar-refractivity contribution < 1.29 is 9.59 Å². The molecule has 1 aromatic heterocycles. The minimum absolute atomic E-state index is 0.0597. The molecule has 0 radical (unpaired) electrons. The van der Waals surface area contributed by atoms with Crippen LogP contribution in [-0.2, 0) is 16.1 Å². The van der Waals surface area contributed by atoms with Crippen LogP contribution in [0, 0.1) is 0 Å². The van der Waals surface area contributed by atoms with Crippen LogP contribution in [0.4, 0.5) is 5.69 Å². The molecule has 0 unspecified atom stereocenters. The minimum Gasteiger partial charge on any atom is -0.342 e. The summed E-state index contributed by atoms with van der Waals surface area (Å²) >= 11 is 9.12. The molecule has 0 saturated carbocycles. The Morgan fingerprint density at radius 1 is 1.12 bits per heavy atom. The van der Waals surface area contributed by atoms with Gasteiger partial charge in [-0.1, -0.05) is 34.1 Å². The van der Waals surface area contributed by atoms with Gasteiger partial charge in [-0.15, -0.1) is 0 Å². The summed E-state index contributed by atoms with van der Waals surface area (Å²) in [5, 5.41) is 1.38. The van der Waals surface area contributed by atoms with Gasteiger partial charge in [0.15, 0.2) is 5.11 Å². The van der Waals surface area contributed by atoms with Gasteiger partial charge in [0.1, 0.15) is 12.2 Å². The largest absolute Gasteiger partial charge is 0.342 e. The normalized spacial score (nSPS) is 15.2. The SMILES string of the molecule is CCN(CC)C(=O)Cn1cc(/C=C2/C(=O)N(c3ccccc3)C(=S)N2C)c2cc(Br)ccc21. The summed E-state index contributed by atoms with van der Waals surface area (Å²) < 4.78 is 2.87. The van der Waals surface area contributed by atoms with E-state index < -0.39 is 0 Å². The highest BCUT2D eigenvalue weighted by Gasteiger charge is 2.36. The maximum absolute atomic E-state index is 13.3. The molecular weight excluding hydrogens is 500 g/mol. The number of benzene rings is 2. The van der Waals surface area contributed by atoms with Crippen LogP contribution >= 0.6 is 28.1 Å². The van der Waals surface area contributed by atoms with E-state index in [1.54, 1.807) is 16.8 Å². The van der Waals surface area contributed by atoms with Crippen LogP contribution in [0.5, 0.6) is 0 Å². The third kappa shape index (κ3) is 4.32. The quantitative estimate of drug-likeness (QED) is 0.340. The molecule has 6 nitrogen and oxygen atoms in total. The topological polar surface area (TPSA) is 48.8 Å². The van der Waals surface area contributed by atoms with Crippen LogP contribution in [0.15, 0.2) is 64.9 Å². The molecule has 0 bridgehead atoms. The fourth-order valence-electron chi connectivity index (χ4n) is 4.07. The Kier molecular flexibility index (Phi) is 6.67. The lowest BCUT2D eigenvalue weighted by Crippen LogP contribution is -2.33. The molecule has 170 valence electrons. The maximum atomic E-state index is 13.3. The van der Waals surface area contributed by atoms with Crippen LogP contribution in [-0.4, -0.2) is 51.4 Å². The summed E-state index contributed by atoms with van der Waals surface area (Å²) in [7, 11) is 1.80. The second-order valence-corrected chi connectivity index (χ2v) is 9.07. The van der Waals surface area contributed by atoms with Crippen molar-refractivity contribution in [3.05, 3.63) is 70.5 Å². The van der Waals surface area contributed by atoms with Crippen LogP contribution in [0.2, 0.25) is 0 Å². The number of likely N-dealkylation sites (N-methyl/N-ethyl adjacent to an activating group) is 2. The first-order valence-corrected chi connectivity index (χ1v) is 12.0.